The second-order valence-corrected chi connectivity index (χ2v) is 3.13. The Kier molecular flexibility index (Phi) is 1.79. The smallest absolute Gasteiger partial charge is 0.226 e. The molecule has 0 aromatic carbocycles. The third kappa shape index (κ3) is 1.23. The van der Waals surface area contributed by atoms with E-state index in [1.54, 1.807) is 0 Å². The molecule has 4 nitrogen and oxygen atoms in total. The van der Waals surface area contributed by atoms with Crippen LogP contribution in [0, 0.1) is 5.92 Å². The summed E-state index contributed by atoms with van der Waals surface area (Å²) in [4.78, 5) is 11.2. The molecule has 0 bridgehead atoms. The molecule has 2 aliphatic heterocycles. The van der Waals surface area contributed by atoms with E-state index in [0.717, 1.165) is 19.5 Å². The van der Waals surface area contributed by atoms with E-state index in [1.165, 1.54) is 0 Å². The molecule has 2 heterocycles. The van der Waals surface area contributed by atoms with Crippen LogP contribution in [0.15, 0.2) is 0 Å². The first-order valence-corrected chi connectivity index (χ1v) is 4.10. The van der Waals surface area contributed by atoms with Gasteiger partial charge in [-0.05, 0) is 13.0 Å². The molecule has 0 spiro atoms. The number of amides is 1. The van der Waals surface area contributed by atoms with Crippen LogP contribution < -0.4 is 16.0 Å². The van der Waals surface area contributed by atoms with Gasteiger partial charge in [0.15, 0.2) is 0 Å². The van der Waals surface area contributed by atoms with E-state index in [1.807, 2.05) is 0 Å². The molecule has 0 aromatic heterocycles. The highest BCUT2D eigenvalue weighted by Crippen LogP contribution is 2.13. The van der Waals surface area contributed by atoms with Gasteiger partial charge in [-0.2, -0.15) is 0 Å². The van der Waals surface area contributed by atoms with Gasteiger partial charge in [-0.3, -0.25) is 10.1 Å². The van der Waals surface area contributed by atoms with Gasteiger partial charge in [0.05, 0.1) is 12.6 Å². The summed E-state index contributed by atoms with van der Waals surface area (Å²) >= 11 is 0. The molecule has 2 aliphatic rings. The predicted molar refractivity (Wildman–Crippen MR) is 40.9 cm³/mol. The summed E-state index contributed by atoms with van der Waals surface area (Å²) in [5, 5.41) is 9.28. The molecule has 11 heavy (non-hydrogen) atoms. The second kappa shape index (κ2) is 2.79. The molecule has 0 radical (unpaired) electrons. The minimum absolute atomic E-state index is 0.150. The van der Waals surface area contributed by atoms with E-state index in [9.17, 15) is 4.79 Å². The molecule has 0 aliphatic carbocycles. The van der Waals surface area contributed by atoms with Crippen molar-refractivity contribution in [2.24, 2.45) is 5.92 Å². The Balaban J connectivity index is 2.05. The first kappa shape index (κ1) is 7.06. The van der Waals surface area contributed by atoms with Crippen LogP contribution in [0.4, 0.5) is 0 Å². The molecule has 1 amide bonds. The van der Waals surface area contributed by atoms with Crippen molar-refractivity contribution in [3.8, 4) is 0 Å². The maximum atomic E-state index is 11.2. The summed E-state index contributed by atoms with van der Waals surface area (Å²) in [6, 6.07) is 0.407. The summed E-state index contributed by atoms with van der Waals surface area (Å²) in [5.41, 5.74) is 0. The van der Waals surface area contributed by atoms with Crippen LogP contribution in [0.3, 0.4) is 0 Å². The van der Waals surface area contributed by atoms with Crippen molar-refractivity contribution in [3.63, 3.8) is 0 Å². The summed E-state index contributed by atoms with van der Waals surface area (Å²) < 4.78 is 0. The Morgan fingerprint density at radius 1 is 1.45 bits per heavy atom. The van der Waals surface area contributed by atoms with Crippen LogP contribution in [-0.4, -0.2) is 31.7 Å². The molecule has 62 valence electrons. The summed E-state index contributed by atoms with van der Waals surface area (Å²) in [6.45, 7) is 2.49. The molecule has 2 atom stereocenters. The predicted octanol–water partition coefficient (Wildman–Crippen LogP) is -1.36. The lowest BCUT2D eigenvalue weighted by Gasteiger charge is -2.35. The molecular weight excluding hydrogens is 142 g/mol. The number of carbonyl (C=O) groups excluding carboxylic acids is 1. The topological polar surface area (TPSA) is 53.2 Å². The number of hydrogen-bond donors (Lipinski definition) is 3. The lowest BCUT2D eigenvalue weighted by molar-refractivity contribution is -0.128. The summed E-state index contributed by atoms with van der Waals surface area (Å²) in [7, 11) is 0. The number of fused-ring (bicyclic) bond motifs is 1. The monoisotopic (exact) mass is 155 g/mol. The molecule has 2 unspecified atom stereocenters. The first-order chi connectivity index (χ1) is 5.38. The molecule has 4 heteroatoms. The van der Waals surface area contributed by atoms with Crippen molar-refractivity contribution in [1.82, 2.24) is 16.0 Å². The highest BCUT2D eigenvalue weighted by atomic mass is 16.2. The fourth-order valence-corrected chi connectivity index (χ4v) is 1.78. The number of nitrogens with one attached hydrogen (secondary N) is 3. The maximum absolute atomic E-state index is 11.2. The van der Waals surface area contributed by atoms with Crippen molar-refractivity contribution in [2.75, 3.05) is 19.8 Å². The van der Waals surface area contributed by atoms with Crippen LogP contribution in [-0.2, 0) is 4.79 Å². The van der Waals surface area contributed by atoms with E-state index < -0.39 is 0 Å². The van der Waals surface area contributed by atoms with Gasteiger partial charge in [0, 0.05) is 12.6 Å². The van der Waals surface area contributed by atoms with Gasteiger partial charge in [-0.1, -0.05) is 0 Å². The Bertz CT molecular complexity index is 169. The van der Waals surface area contributed by atoms with E-state index in [2.05, 4.69) is 16.0 Å². The Morgan fingerprint density at radius 3 is 3.18 bits per heavy atom. The lowest BCUT2D eigenvalue weighted by atomic mass is 9.91. The van der Waals surface area contributed by atoms with E-state index in [0.29, 0.717) is 12.7 Å². The maximum Gasteiger partial charge on any atom is 0.226 e. The van der Waals surface area contributed by atoms with Gasteiger partial charge in [-0.25, -0.2) is 0 Å². The minimum atomic E-state index is 0.150. The largest absolute Gasteiger partial charge is 0.343 e. The number of hydrogen-bond acceptors (Lipinski definition) is 3. The van der Waals surface area contributed by atoms with Crippen molar-refractivity contribution < 1.29 is 4.79 Å². The van der Waals surface area contributed by atoms with Crippen molar-refractivity contribution in [2.45, 2.75) is 12.5 Å². The molecular formula is C7H13N3O. The third-order valence-electron chi connectivity index (χ3n) is 2.45. The van der Waals surface area contributed by atoms with Crippen LogP contribution in [0.2, 0.25) is 0 Å². The van der Waals surface area contributed by atoms with E-state index in [4.69, 9.17) is 0 Å². The van der Waals surface area contributed by atoms with E-state index in [-0.39, 0.29) is 11.8 Å². The Morgan fingerprint density at radius 2 is 2.36 bits per heavy atom. The molecule has 2 fully saturated rings. The molecule has 0 saturated carbocycles. The standard InChI is InChI=1S/C7H13N3O/c11-7-5-3-8-2-1-6(5)9-4-10-7/h5-6,8-9H,1-4H2,(H,10,11). The van der Waals surface area contributed by atoms with Crippen molar-refractivity contribution >= 4 is 5.91 Å². The van der Waals surface area contributed by atoms with Crippen LogP contribution >= 0.6 is 0 Å². The minimum Gasteiger partial charge on any atom is -0.343 e. The van der Waals surface area contributed by atoms with E-state index >= 15 is 0 Å². The number of piperidine rings is 1. The second-order valence-electron chi connectivity index (χ2n) is 3.13. The molecule has 0 aromatic rings. The third-order valence-corrected chi connectivity index (χ3v) is 2.45. The molecule has 2 rings (SSSR count). The fraction of sp³-hybridized carbons (Fsp3) is 0.857. The van der Waals surface area contributed by atoms with Crippen molar-refractivity contribution in [1.29, 1.82) is 0 Å². The Hall–Kier alpha value is -0.610. The van der Waals surface area contributed by atoms with Gasteiger partial charge in [0.25, 0.3) is 0 Å². The quantitative estimate of drug-likeness (QED) is 0.405. The van der Waals surface area contributed by atoms with Crippen LogP contribution in [0.1, 0.15) is 6.42 Å². The SMILES string of the molecule is O=C1NCNC2CCNCC12. The zero-order chi connectivity index (χ0) is 7.68. The zero-order valence-corrected chi connectivity index (χ0v) is 6.39. The Labute approximate surface area is 65.7 Å². The van der Waals surface area contributed by atoms with Gasteiger partial charge >= 0.3 is 0 Å². The zero-order valence-electron chi connectivity index (χ0n) is 6.39. The van der Waals surface area contributed by atoms with Gasteiger partial charge in [-0.15, -0.1) is 0 Å². The lowest BCUT2D eigenvalue weighted by Crippen LogP contribution is -2.60. The average Bonchev–Trinajstić information content (AvgIpc) is 2.06. The normalized spacial score (nSPS) is 37.6. The number of carbonyl (C=O) groups is 1. The molecule has 2 saturated heterocycles. The fourth-order valence-electron chi connectivity index (χ4n) is 1.78. The van der Waals surface area contributed by atoms with Crippen LogP contribution in [0.5, 0.6) is 0 Å². The first-order valence-electron chi connectivity index (χ1n) is 4.10. The van der Waals surface area contributed by atoms with Gasteiger partial charge < -0.3 is 10.6 Å². The average molecular weight is 155 g/mol. The van der Waals surface area contributed by atoms with Crippen LogP contribution in [0.25, 0.3) is 0 Å². The summed E-state index contributed by atoms with van der Waals surface area (Å²) in [6.07, 6.45) is 1.07. The van der Waals surface area contributed by atoms with Gasteiger partial charge in [0.2, 0.25) is 5.91 Å². The van der Waals surface area contributed by atoms with Crippen molar-refractivity contribution in [3.05, 3.63) is 0 Å². The van der Waals surface area contributed by atoms with Gasteiger partial charge in [0.1, 0.15) is 0 Å². The summed E-state index contributed by atoms with van der Waals surface area (Å²) in [5.74, 6) is 0.346. The number of rotatable bonds is 0. The highest BCUT2D eigenvalue weighted by Gasteiger charge is 2.32. The molecule has 3 N–H and O–H groups in total. The highest BCUT2D eigenvalue weighted by molar-refractivity contribution is 5.80.